The molecular weight excluding hydrogens is 314 g/mol. The van der Waals surface area contributed by atoms with Gasteiger partial charge in [0.1, 0.15) is 0 Å². The molecule has 0 spiro atoms. The van der Waals surface area contributed by atoms with Crippen LogP contribution >= 0.6 is 0 Å². The Morgan fingerprint density at radius 3 is 2.44 bits per heavy atom. The smallest absolute Gasteiger partial charge is 0.221 e. The standard InChI is InChI=1S/C20H25N3O2/c1-16(24)23-19-11-5-10-18(15-19)21-14-12-20(25)22-13-6-9-17-7-3-2-4-8-17/h2-5,7-8,10-11,15,21H,6,9,12-14H2,1H3,(H,22,25)(H,23,24). The molecule has 0 heterocycles. The van der Waals surface area contributed by atoms with Crippen LogP contribution < -0.4 is 16.0 Å². The van der Waals surface area contributed by atoms with E-state index in [1.54, 1.807) is 0 Å². The van der Waals surface area contributed by atoms with E-state index in [2.05, 4.69) is 28.1 Å². The van der Waals surface area contributed by atoms with Crippen LogP contribution in [0.5, 0.6) is 0 Å². The Bertz CT molecular complexity index is 686. The minimum atomic E-state index is -0.105. The highest BCUT2D eigenvalue weighted by Gasteiger charge is 2.02. The van der Waals surface area contributed by atoms with Crippen molar-refractivity contribution in [2.45, 2.75) is 26.2 Å². The highest BCUT2D eigenvalue weighted by Crippen LogP contribution is 2.14. The van der Waals surface area contributed by atoms with Gasteiger partial charge in [-0.25, -0.2) is 0 Å². The van der Waals surface area contributed by atoms with Gasteiger partial charge in [-0.2, -0.15) is 0 Å². The lowest BCUT2D eigenvalue weighted by molar-refractivity contribution is -0.120. The molecule has 132 valence electrons. The van der Waals surface area contributed by atoms with Crippen LogP contribution in [-0.2, 0) is 16.0 Å². The third kappa shape index (κ3) is 7.52. The predicted molar refractivity (Wildman–Crippen MR) is 102 cm³/mol. The number of aryl methyl sites for hydroxylation is 1. The van der Waals surface area contributed by atoms with Crippen LogP contribution in [0.2, 0.25) is 0 Å². The second-order valence-corrected chi connectivity index (χ2v) is 5.88. The van der Waals surface area contributed by atoms with Gasteiger partial charge in [-0.1, -0.05) is 36.4 Å². The molecule has 2 amide bonds. The molecule has 0 saturated carbocycles. The Labute approximate surface area is 148 Å². The van der Waals surface area contributed by atoms with Gasteiger partial charge in [-0.05, 0) is 36.6 Å². The van der Waals surface area contributed by atoms with Crippen molar-refractivity contribution in [1.29, 1.82) is 0 Å². The molecule has 2 aromatic carbocycles. The van der Waals surface area contributed by atoms with Crippen molar-refractivity contribution in [2.24, 2.45) is 0 Å². The van der Waals surface area contributed by atoms with Crippen LogP contribution in [0.25, 0.3) is 0 Å². The molecule has 0 saturated heterocycles. The number of carbonyl (C=O) groups excluding carboxylic acids is 2. The fraction of sp³-hybridized carbons (Fsp3) is 0.300. The Balaban J connectivity index is 1.61. The highest BCUT2D eigenvalue weighted by atomic mass is 16.2. The third-order valence-electron chi connectivity index (χ3n) is 3.67. The minimum Gasteiger partial charge on any atom is -0.384 e. The van der Waals surface area contributed by atoms with E-state index in [4.69, 9.17) is 0 Å². The summed E-state index contributed by atoms with van der Waals surface area (Å²) < 4.78 is 0. The fourth-order valence-electron chi connectivity index (χ4n) is 2.48. The molecule has 0 bridgehead atoms. The van der Waals surface area contributed by atoms with E-state index in [9.17, 15) is 9.59 Å². The first-order chi connectivity index (χ1) is 12.1. The van der Waals surface area contributed by atoms with Crippen molar-refractivity contribution in [3.05, 3.63) is 60.2 Å². The van der Waals surface area contributed by atoms with Gasteiger partial charge in [0.25, 0.3) is 0 Å². The number of hydrogen-bond acceptors (Lipinski definition) is 3. The van der Waals surface area contributed by atoms with E-state index in [0.717, 1.165) is 24.2 Å². The Morgan fingerprint density at radius 2 is 1.68 bits per heavy atom. The molecular formula is C20H25N3O2. The zero-order valence-electron chi connectivity index (χ0n) is 14.5. The first-order valence-electron chi connectivity index (χ1n) is 8.55. The average Bonchev–Trinajstić information content (AvgIpc) is 2.59. The van der Waals surface area contributed by atoms with E-state index in [-0.39, 0.29) is 11.8 Å². The van der Waals surface area contributed by atoms with Crippen molar-refractivity contribution < 1.29 is 9.59 Å². The van der Waals surface area contributed by atoms with E-state index in [1.807, 2.05) is 42.5 Å². The summed E-state index contributed by atoms with van der Waals surface area (Å²) in [7, 11) is 0. The molecule has 2 aromatic rings. The summed E-state index contributed by atoms with van der Waals surface area (Å²) in [6.45, 7) is 2.71. The summed E-state index contributed by atoms with van der Waals surface area (Å²) in [5, 5.41) is 8.87. The molecule has 2 rings (SSSR count). The fourth-order valence-corrected chi connectivity index (χ4v) is 2.48. The second-order valence-electron chi connectivity index (χ2n) is 5.88. The summed E-state index contributed by atoms with van der Waals surface area (Å²) in [4.78, 5) is 22.9. The van der Waals surface area contributed by atoms with Gasteiger partial charge in [0.15, 0.2) is 0 Å². The maximum atomic E-state index is 11.8. The van der Waals surface area contributed by atoms with Crippen LogP contribution in [0.1, 0.15) is 25.3 Å². The molecule has 0 fully saturated rings. The number of benzene rings is 2. The summed E-state index contributed by atoms with van der Waals surface area (Å²) in [6.07, 6.45) is 2.31. The van der Waals surface area contributed by atoms with E-state index in [1.165, 1.54) is 12.5 Å². The SMILES string of the molecule is CC(=O)Nc1cccc(NCCC(=O)NCCCc2ccccc2)c1. The van der Waals surface area contributed by atoms with Crippen molar-refractivity contribution in [2.75, 3.05) is 23.7 Å². The lowest BCUT2D eigenvalue weighted by Gasteiger charge is -2.09. The molecule has 0 aliphatic heterocycles. The number of anilines is 2. The molecule has 3 N–H and O–H groups in total. The topological polar surface area (TPSA) is 70.2 Å². The predicted octanol–water partition coefficient (Wildman–Crippen LogP) is 3.20. The number of hydrogen-bond donors (Lipinski definition) is 3. The Kier molecular flexibility index (Phi) is 7.50. The second kappa shape index (κ2) is 10.1. The largest absolute Gasteiger partial charge is 0.384 e. The first-order valence-corrected chi connectivity index (χ1v) is 8.55. The molecule has 0 aliphatic carbocycles. The summed E-state index contributed by atoms with van der Waals surface area (Å²) in [6, 6.07) is 17.7. The van der Waals surface area contributed by atoms with Gasteiger partial charge in [0.05, 0.1) is 0 Å². The monoisotopic (exact) mass is 339 g/mol. The molecule has 0 unspecified atom stereocenters. The average molecular weight is 339 g/mol. The van der Waals surface area contributed by atoms with Gasteiger partial charge in [-0.15, -0.1) is 0 Å². The zero-order chi connectivity index (χ0) is 17.9. The molecule has 5 nitrogen and oxygen atoms in total. The van der Waals surface area contributed by atoms with Crippen LogP contribution in [0.15, 0.2) is 54.6 Å². The Hall–Kier alpha value is -2.82. The lowest BCUT2D eigenvalue weighted by atomic mass is 10.1. The van der Waals surface area contributed by atoms with Crippen molar-refractivity contribution in [3.8, 4) is 0 Å². The number of carbonyl (C=O) groups is 2. The van der Waals surface area contributed by atoms with Gasteiger partial charge >= 0.3 is 0 Å². The minimum absolute atomic E-state index is 0.0403. The van der Waals surface area contributed by atoms with E-state index >= 15 is 0 Å². The highest BCUT2D eigenvalue weighted by molar-refractivity contribution is 5.89. The normalized spacial score (nSPS) is 10.1. The van der Waals surface area contributed by atoms with Crippen molar-refractivity contribution in [1.82, 2.24) is 5.32 Å². The molecule has 0 aromatic heterocycles. The van der Waals surface area contributed by atoms with Crippen LogP contribution in [-0.4, -0.2) is 24.9 Å². The quantitative estimate of drug-likeness (QED) is 0.615. The van der Waals surface area contributed by atoms with E-state index in [0.29, 0.717) is 19.5 Å². The molecule has 0 radical (unpaired) electrons. The maximum Gasteiger partial charge on any atom is 0.221 e. The number of rotatable bonds is 9. The van der Waals surface area contributed by atoms with Crippen molar-refractivity contribution in [3.63, 3.8) is 0 Å². The van der Waals surface area contributed by atoms with Gasteiger partial charge < -0.3 is 16.0 Å². The van der Waals surface area contributed by atoms with Gasteiger partial charge in [0.2, 0.25) is 11.8 Å². The molecule has 0 atom stereocenters. The summed E-state index contributed by atoms with van der Waals surface area (Å²) in [5.74, 6) is -0.0643. The van der Waals surface area contributed by atoms with Gasteiger partial charge in [0, 0.05) is 37.8 Å². The molecule has 0 aliphatic rings. The van der Waals surface area contributed by atoms with Crippen LogP contribution in [0.3, 0.4) is 0 Å². The number of amides is 2. The van der Waals surface area contributed by atoms with Gasteiger partial charge in [-0.3, -0.25) is 9.59 Å². The van der Waals surface area contributed by atoms with Crippen LogP contribution in [0.4, 0.5) is 11.4 Å². The Morgan fingerprint density at radius 1 is 0.920 bits per heavy atom. The first kappa shape index (κ1) is 18.5. The maximum absolute atomic E-state index is 11.8. The van der Waals surface area contributed by atoms with Crippen LogP contribution in [0, 0.1) is 0 Å². The van der Waals surface area contributed by atoms with Crippen molar-refractivity contribution >= 4 is 23.2 Å². The van der Waals surface area contributed by atoms with E-state index < -0.39 is 0 Å². The molecule has 5 heteroatoms. The molecule has 25 heavy (non-hydrogen) atoms. The number of nitrogens with one attached hydrogen (secondary N) is 3. The summed E-state index contributed by atoms with van der Waals surface area (Å²) in [5.41, 5.74) is 2.91. The summed E-state index contributed by atoms with van der Waals surface area (Å²) >= 11 is 0. The third-order valence-corrected chi connectivity index (χ3v) is 3.67. The zero-order valence-corrected chi connectivity index (χ0v) is 14.5. The lowest BCUT2D eigenvalue weighted by Crippen LogP contribution is -2.26.